The van der Waals surface area contributed by atoms with Gasteiger partial charge >= 0.3 is 5.97 Å². The third-order valence-electron chi connectivity index (χ3n) is 3.68. The lowest BCUT2D eigenvalue weighted by atomic mass is 9.95. The van der Waals surface area contributed by atoms with Crippen molar-refractivity contribution < 1.29 is 14.3 Å². The Balaban J connectivity index is 1.97. The second kappa shape index (κ2) is 7.36. The van der Waals surface area contributed by atoms with Crippen LogP contribution < -0.4 is 10.7 Å². The Morgan fingerprint density at radius 3 is 2.76 bits per heavy atom. The van der Waals surface area contributed by atoms with E-state index in [2.05, 4.69) is 15.8 Å². The molecule has 0 spiro atoms. The molecular weight excluding hydrogens is 342 g/mol. The maximum Gasteiger partial charge on any atom is 0.355 e. The minimum Gasteiger partial charge on any atom is -0.461 e. The standard InChI is InChI=1S/C18H16ClN3O3/c1-2-25-18(24)16(22-21-12-6-4-3-5-7-12)15-13-9-8-11(19)10-14(13)20-17(15)23/h3-10,15,21H,2H2,1H3,(H,20,23)/b22-16-. The third-order valence-corrected chi connectivity index (χ3v) is 3.92. The molecule has 128 valence electrons. The predicted molar refractivity (Wildman–Crippen MR) is 97.0 cm³/mol. The highest BCUT2D eigenvalue weighted by atomic mass is 35.5. The summed E-state index contributed by atoms with van der Waals surface area (Å²) in [5, 5.41) is 7.39. The number of amides is 1. The molecule has 25 heavy (non-hydrogen) atoms. The minimum absolute atomic E-state index is 0.00993. The number of rotatable bonds is 5. The Morgan fingerprint density at radius 2 is 2.04 bits per heavy atom. The largest absolute Gasteiger partial charge is 0.461 e. The Bertz CT molecular complexity index is 837. The topological polar surface area (TPSA) is 79.8 Å². The predicted octanol–water partition coefficient (Wildman–Crippen LogP) is 3.41. The smallest absolute Gasteiger partial charge is 0.355 e. The maximum absolute atomic E-state index is 12.4. The van der Waals surface area contributed by atoms with Crippen LogP contribution in [0.4, 0.5) is 11.4 Å². The van der Waals surface area contributed by atoms with Crippen LogP contribution in [0.25, 0.3) is 0 Å². The SMILES string of the molecule is CCOC(=O)/C(=N\Nc1ccccc1)C1C(=O)Nc2cc(Cl)ccc21. The second-order valence-electron chi connectivity index (χ2n) is 5.35. The van der Waals surface area contributed by atoms with E-state index < -0.39 is 11.9 Å². The number of hydrogen-bond acceptors (Lipinski definition) is 5. The number of para-hydroxylation sites is 1. The van der Waals surface area contributed by atoms with E-state index in [1.165, 1.54) is 0 Å². The van der Waals surface area contributed by atoms with Crippen molar-refractivity contribution in [1.82, 2.24) is 0 Å². The van der Waals surface area contributed by atoms with E-state index >= 15 is 0 Å². The van der Waals surface area contributed by atoms with Crippen molar-refractivity contribution in [2.45, 2.75) is 12.8 Å². The molecule has 1 aliphatic heterocycles. The molecule has 0 aromatic heterocycles. The summed E-state index contributed by atoms with van der Waals surface area (Å²) in [5.74, 6) is -1.85. The highest BCUT2D eigenvalue weighted by Gasteiger charge is 2.39. The number of anilines is 2. The van der Waals surface area contributed by atoms with E-state index in [0.29, 0.717) is 22.0 Å². The summed E-state index contributed by atoms with van der Waals surface area (Å²) < 4.78 is 5.08. The minimum atomic E-state index is -0.859. The van der Waals surface area contributed by atoms with Gasteiger partial charge in [0, 0.05) is 10.7 Å². The van der Waals surface area contributed by atoms with Crippen molar-refractivity contribution in [3.63, 3.8) is 0 Å². The zero-order valence-electron chi connectivity index (χ0n) is 13.5. The summed E-state index contributed by atoms with van der Waals surface area (Å²) in [6.45, 7) is 1.88. The number of hydrazone groups is 1. The lowest BCUT2D eigenvalue weighted by Crippen LogP contribution is -2.30. The average molecular weight is 358 g/mol. The fourth-order valence-corrected chi connectivity index (χ4v) is 2.75. The molecule has 1 unspecified atom stereocenters. The lowest BCUT2D eigenvalue weighted by Gasteiger charge is -2.12. The summed E-state index contributed by atoms with van der Waals surface area (Å²) in [4.78, 5) is 24.8. The first kappa shape index (κ1) is 17.0. The van der Waals surface area contributed by atoms with Crippen molar-refractivity contribution in [1.29, 1.82) is 0 Å². The van der Waals surface area contributed by atoms with E-state index in [-0.39, 0.29) is 18.2 Å². The molecular formula is C18H16ClN3O3. The van der Waals surface area contributed by atoms with Crippen molar-refractivity contribution >= 4 is 40.6 Å². The molecule has 7 heteroatoms. The number of carbonyl (C=O) groups is 2. The van der Waals surface area contributed by atoms with E-state index in [9.17, 15) is 9.59 Å². The Hall–Kier alpha value is -2.86. The van der Waals surface area contributed by atoms with Crippen LogP contribution in [0.15, 0.2) is 53.6 Å². The number of ether oxygens (including phenoxy) is 1. The van der Waals surface area contributed by atoms with Crippen molar-refractivity contribution in [2.75, 3.05) is 17.3 Å². The second-order valence-corrected chi connectivity index (χ2v) is 5.79. The third kappa shape index (κ3) is 3.64. The summed E-state index contributed by atoms with van der Waals surface area (Å²) in [7, 11) is 0. The van der Waals surface area contributed by atoms with Gasteiger partial charge in [0.25, 0.3) is 0 Å². The molecule has 0 fully saturated rings. The molecule has 2 aromatic rings. The molecule has 0 radical (unpaired) electrons. The van der Waals surface area contributed by atoms with E-state index in [1.807, 2.05) is 18.2 Å². The molecule has 1 heterocycles. The lowest BCUT2D eigenvalue weighted by molar-refractivity contribution is -0.135. The van der Waals surface area contributed by atoms with Gasteiger partial charge in [-0.05, 0) is 36.8 Å². The molecule has 0 saturated carbocycles. The summed E-state index contributed by atoms with van der Waals surface area (Å²) in [6.07, 6.45) is 0. The Morgan fingerprint density at radius 1 is 1.28 bits per heavy atom. The molecule has 2 aromatic carbocycles. The first-order valence-electron chi connectivity index (χ1n) is 7.76. The Kier molecular flexibility index (Phi) is 5.00. The van der Waals surface area contributed by atoms with E-state index in [0.717, 1.165) is 0 Å². The van der Waals surface area contributed by atoms with Crippen LogP contribution in [0, 0.1) is 0 Å². The van der Waals surface area contributed by atoms with Crippen LogP contribution in [0.5, 0.6) is 0 Å². The van der Waals surface area contributed by atoms with Gasteiger partial charge in [0.1, 0.15) is 5.92 Å². The molecule has 0 bridgehead atoms. The fraction of sp³-hybridized carbons (Fsp3) is 0.167. The zero-order chi connectivity index (χ0) is 17.8. The van der Waals surface area contributed by atoms with Gasteiger partial charge in [-0.2, -0.15) is 5.10 Å². The van der Waals surface area contributed by atoms with Gasteiger partial charge in [-0.25, -0.2) is 4.79 Å². The number of halogens is 1. The number of fused-ring (bicyclic) bond motifs is 1. The molecule has 1 amide bonds. The van der Waals surface area contributed by atoms with Crippen LogP contribution in [-0.2, 0) is 14.3 Å². The highest BCUT2D eigenvalue weighted by Crippen LogP contribution is 2.35. The first-order valence-corrected chi connectivity index (χ1v) is 8.14. The highest BCUT2D eigenvalue weighted by molar-refractivity contribution is 6.44. The molecule has 1 aliphatic rings. The van der Waals surface area contributed by atoms with Crippen LogP contribution in [0.2, 0.25) is 5.02 Å². The first-order chi connectivity index (χ1) is 12.1. The molecule has 6 nitrogen and oxygen atoms in total. The van der Waals surface area contributed by atoms with Crippen molar-refractivity contribution in [3.8, 4) is 0 Å². The van der Waals surface area contributed by atoms with Crippen LogP contribution in [0.3, 0.4) is 0 Å². The van der Waals surface area contributed by atoms with Crippen LogP contribution in [0.1, 0.15) is 18.4 Å². The molecule has 0 aliphatic carbocycles. The van der Waals surface area contributed by atoms with Gasteiger partial charge in [0.15, 0.2) is 5.71 Å². The number of nitrogens with one attached hydrogen (secondary N) is 2. The van der Waals surface area contributed by atoms with Crippen LogP contribution >= 0.6 is 11.6 Å². The summed E-state index contributed by atoms with van der Waals surface area (Å²) >= 11 is 5.97. The quantitative estimate of drug-likeness (QED) is 0.488. The van der Waals surface area contributed by atoms with Gasteiger partial charge in [-0.3, -0.25) is 10.2 Å². The molecule has 2 N–H and O–H groups in total. The molecule has 0 saturated heterocycles. The number of hydrogen-bond donors (Lipinski definition) is 2. The molecule has 1 atom stereocenters. The average Bonchev–Trinajstić information content (AvgIpc) is 2.91. The Labute approximate surface area is 149 Å². The van der Waals surface area contributed by atoms with E-state index in [4.69, 9.17) is 16.3 Å². The number of nitrogens with zero attached hydrogens (tertiary/aromatic N) is 1. The molecule has 3 rings (SSSR count). The van der Waals surface area contributed by atoms with Gasteiger partial charge in [0.05, 0.1) is 12.3 Å². The number of esters is 1. The zero-order valence-corrected chi connectivity index (χ0v) is 14.2. The van der Waals surface area contributed by atoms with Gasteiger partial charge in [0.2, 0.25) is 5.91 Å². The van der Waals surface area contributed by atoms with Crippen molar-refractivity contribution in [2.24, 2.45) is 5.10 Å². The summed E-state index contributed by atoms with van der Waals surface area (Å²) in [6, 6.07) is 14.2. The maximum atomic E-state index is 12.4. The van der Waals surface area contributed by atoms with E-state index in [1.54, 1.807) is 37.3 Å². The number of benzene rings is 2. The summed E-state index contributed by atoms with van der Waals surface area (Å²) in [5.41, 5.74) is 4.69. The normalized spacial score (nSPS) is 16.2. The van der Waals surface area contributed by atoms with Gasteiger partial charge in [-0.15, -0.1) is 0 Å². The van der Waals surface area contributed by atoms with Gasteiger partial charge in [-0.1, -0.05) is 35.9 Å². The van der Waals surface area contributed by atoms with Crippen LogP contribution in [-0.4, -0.2) is 24.2 Å². The number of carbonyl (C=O) groups excluding carboxylic acids is 2. The monoisotopic (exact) mass is 357 g/mol. The fourth-order valence-electron chi connectivity index (χ4n) is 2.58. The van der Waals surface area contributed by atoms with Gasteiger partial charge < -0.3 is 10.1 Å². The van der Waals surface area contributed by atoms with Crippen molar-refractivity contribution in [3.05, 3.63) is 59.1 Å².